The first kappa shape index (κ1) is 12.7. The van der Waals surface area contributed by atoms with E-state index in [0.717, 1.165) is 0 Å². The molecule has 0 heterocycles. The molecule has 1 N–H and O–H groups in total. The van der Waals surface area contributed by atoms with Gasteiger partial charge in [0.25, 0.3) is 0 Å². The number of nitrogens with one attached hydrogen (secondary N) is 1. The van der Waals surface area contributed by atoms with Gasteiger partial charge in [-0.25, -0.2) is 4.39 Å². The van der Waals surface area contributed by atoms with Crippen LogP contribution in [0, 0.1) is 17.1 Å². The Hall–Kier alpha value is -1.76. The normalized spacial score (nSPS) is 9.89. The minimum atomic E-state index is -0.573. The fraction of sp³-hybridized carbons (Fsp3) is 0. The third kappa shape index (κ3) is 2.92. The molecular weight excluding hydrogens is 274 g/mol. The highest BCUT2D eigenvalue weighted by molar-refractivity contribution is 6.35. The molecule has 90 valence electrons. The quantitative estimate of drug-likeness (QED) is 0.862. The molecule has 0 aromatic heterocycles. The summed E-state index contributed by atoms with van der Waals surface area (Å²) in [5.74, 6) is -0.573. The standard InChI is InChI=1S/C13H7Cl2FN2/c14-9-3-10(15)5-12(4-9)18-11-2-1-8(7-17)13(16)6-11/h1-6,18H. The summed E-state index contributed by atoms with van der Waals surface area (Å²) in [6, 6.07) is 11.0. The number of anilines is 2. The molecule has 2 nitrogen and oxygen atoms in total. The van der Waals surface area contributed by atoms with Gasteiger partial charge >= 0.3 is 0 Å². The lowest BCUT2D eigenvalue weighted by atomic mass is 10.2. The first-order chi connectivity index (χ1) is 8.58. The predicted octanol–water partition coefficient (Wildman–Crippen LogP) is 4.75. The van der Waals surface area contributed by atoms with E-state index in [9.17, 15) is 4.39 Å². The Labute approximate surface area is 114 Å². The molecule has 0 amide bonds. The Balaban J connectivity index is 2.29. The minimum Gasteiger partial charge on any atom is -0.355 e. The Kier molecular flexibility index (Phi) is 3.71. The maximum Gasteiger partial charge on any atom is 0.143 e. The van der Waals surface area contributed by atoms with Crippen molar-refractivity contribution in [2.75, 3.05) is 5.32 Å². The fourth-order valence-corrected chi connectivity index (χ4v) is 2.00. The number of hydrogen-bond acceptors (Lipinski definition) is 2. The second-order valence-corrected chi connectivity index (χ2v) is 4.46. The van der Waals surface area contributed by atoms with Crippen molar-refractivity contribution < 1.29 is 4.39 Å². The summed E-state index contributed by atoms with van der Waals surface area (Å²) < 4.78 is 13.4. The summed E-state index contributed by atoms with van der Waals surface area (Å²) in [6.07, 6.45) is 0. The van der Waals surface area contributed by atoms with Gasteiger partial charge in [0, 0.05) is 21.4 Å². The molecule has 0 saturated carbocycles. The van der Waals surface area contributed by atoms with E-state index in [1.54, 1.807) is 30.3 Å². The second-order valence-electron chi connectivity index (χ2n) is 3.59. The van der Waals surface area contributed by atoms with Crippen LogP contribution in [-0.4, -0.2) is 0 Å². The summed E-state index contributed by atoms with van der Waals surface area (Å²) >= 11 is 11.7. The zero-order valence-electron chi connectivity index (χ0n) is 9.05. The van der Waals surface area contributed by atoms with Crippen molar-refractivity contribution in [3.63, 3.8) is 0 Å². The van der Waals surface area contributed by atoms with Crippen LogP contribution in [0.4, 0.5) is 15.8 Å². The largest absolute Gasteiger partial charge is 0.355 e. The average Bonchev–Trinajstić information content (AvgIpc) is 2.27. The van der Waals surface area contributed by atoms with E-state index in [2.05, 4.69) is 5.32 Å². The lowest BCUT2D eigenvalue weighted by Crippen LogP contribution is -1.92. The lowest BCUT2D eigenvalue weighted by molar-refractivity contribution is 0.624. The molecule has 0 atom stereocenters. The van der Waals surface area contributed by atoms with Crippen molar-refractivity contribution in [1.82, 2.24) is 0 Å². The maximum absolute atomic E-state index is 13.4. The monoisotopic (exact) mass is 280 g/mol. The summed E-state index contributed by atoms with van der Waals surface area (Å²) in [4.78, 5) is 0. The number of nitriles is 1. The zero-order chi connectivity index (χ0) is 13.1. The summed E-state index contributed by atoms with van der Waals surface area (Å²) in [6.45, 7) is 0. The van der Waals surface area contributed by atoms with Crippen LogP contribution >= 0.6 is 23.2 Å². The van der Waals surface area contributed by atoms with Crippen LogP contribution < -0.4 is 5.32 Å². The molecular formula is C13H7Cl2FN2. The van der Waals surface area contributed by atoms with Crippen molar-refractivity contribution in [2.24, 2.45) is 0 Å². The Morgan fingerprint density at radius 2 is 1.67 bits per heavy atom. The maximum atomic E-state index is 13.4. The van der Waals surface area contributed by atoms with E-state index in [-0.39, 0.29) is 5.56 Å². The van der Waals surface area contributed by atoms with Crippen molar-refractivity contribution in [3.05, 3.63) is 57.8 Å². The van der Waals surface area contributed by atoms with Crippen LogP contribution in [0.5, 0.6) is 0 Å². The molecule has 18 heavy (non-hydrogen) atoms. The predicted molar refractivity (Wildman–Crippen MR) is 70.9 cm³/mol. The van der Waals surface area contributed by atoms with E-state index in [1.165, 1.54) is 12.1 Å². The minimum absolute atomic E-state index is 0.00433. The fourth-order valence-electron chi connectivity index (χ4n) is 1.48. The number of nitrogens with zero attached hydrogens (tertiary/aromatic N) is 1. The van der Waals surface area contributed by atoms with Crippen molar-refractivity contribution >= 4 is 34.6 Å². The number of hydrogen-bond donors (Lipinski definition) is 1. The van der Waals surface area contributed by atoms with Crippen molar-refractivity contribution in [3.8, 4) is 6.07 Å². The second kappa shape index (κ2) is 5.26. The van der Waals surface area contributed by atoms with Crippen molar-refractivity contribution in [1.29, 1.82) is 5.26 Å². The van der Waals surface area contributed by atoms with E-state index >= 15 is 0 Å². The molecule has 2 rings (SSSR count). The van der Waals surface area contributed by atoms with Crippen LogP contribution in [0.2, 0.25) is 10.0 Å². The van der Waals surface area contributed by atoms with Gasteiger partial charge in [-0.1, -0.05) is 23.2 Å². The average molecular weight is 281 g/mol. The molecule has 2 aromatic rings. The molecule has 5 heteroatoms. The van der Waals surface area contributed by atoms with E-state index in [4.69, 9.17) is 28.5 Å². The Bertz CT molecular complexity index is 615. The smallest absolute Gasteiger partial charge is 0.143 e. The first-order valence-electron chi connectivity index (χ1n) is 5.01. The topological polar surface area (TPSA) is 35.8 Å². The third-order valence-electron chi connectivity index (χ3n) is 2.24. The van der Waals surface area contributed by atoms with Gasteiger partial charge in [-0.15, -0.1) is 0 Å². The van der Waals surface area contributed by atoms with Crippen LogP contribution in [0.3, 0.4) is 0 Å². The molecule has 0 unspecified atom stereocenters. The van der Waals surface area contributed by atoms with Gasteiger partial charge in [0.1, 0.15) is 11.9 Å². The summed E-state index contributed by atoms with van der Waals surface area (Å²) in [7, 11) is 0. The molecule has 0 spiro atoms. The molecule has 0 aliphatic rings. The van der Waals surface area contributed by atoms with Gasteiger partial charge in [-0.2, -0.15) is 5.26 Å². The Morgan fingerprint density at radius 1 is 1.00 bits per heavy atom. The molecule has 0 bridgehead atoms. The van der Waals surface area contributed by atoms with Gasteiger partial charge in [-0.3, -0.25) is 0 Å². The van der Waals surface area contributed by atoms with Gasteiger partial charge in [0.05, 0.1) is 5.56 Å². The van der Waals surface area contributed by atoms with Crippen LogP contribution in [0.1, 0.15) is 5.56 Å². The van der Waals surface area contributed by atoms with Gasteiger partial charge in [0.2, 0.25) is 0 Å². The van der Waals surface area contributed by atoms with Crippen molar-refractivity contribution in [2.45, 2.75) is 0 Å². The van der Waals surface area contributed by atoms with Gasteiger partial charge in [0.15, 0.2) is 0 Å². The SMILES string of the molecule is N#Cc1ccc(Nc2cc(Cl)cc(Cl)c2)cc1F. The molecule has 0 aliphatic carbocycles. The van der Waals surface area contributed by atoms with Crippen LogP contribution in [0.25, 0.3) is 0 Å². The number of halogens is 3. The summed E-state index contributed by atoms with van der Waals surface area (Å²) in [5, 5.41) is 12.6. The number of benzene rings is 2. The van der Waals surface area contributed by atoms with E-state index in [1.807, 2.05) is 0 Å². The highest BCUT2D eigenvalue weighted by atomic mass is 35.5. The number of rotatable bonds is 2. The van der Waals surface area contributed by atoms with Gasteiger partial charge in [-0.05, 0) is 36.4 Å². The molecule has 0 radical (unpaired) electrons. The highest BCUT2D eigenvalue weighted by Crippen LogP contribution is 2.25. The van der Waals surface area contributed by atoms with E-state index in [0.29, 0.717) is 21.4 Å². The molecule has 0 aliphatic heterocycles. The molecule has 2 aromatic carbocycles. The van der Waals surface area contributed by atoms with Gasteiger partial charge < -0.3 is 5.32 Å². The lowest BCUT2D eigenvalue weighted by Gasteiger charge is -2.08. The summed E-state index contributed by atoms with van der Waals surface area (Å²) in [5.41, 5.74) is 1.17. The zero-order valence-corrected chi connectivity index (χ0v) is 10.6. The first-order valence-corrected chi connectivity index (χ1v) is 5.77. The van der Waals surface area contributed by atoms with Crippen LogP contribution in [-0.2, 0) is 0 Å². The molecule has 0 fully saturated rings. The van der Waals surface area contributed by atoms with Crippen LogP contribution in [0.15, 0.2) is 36.4 Å². The molecule has 0 saturated heterocycles. The highest BCUT2D eigenvalue weighted by Gasteiger charge is 2.04. The van der Waals surface area contributed by atoms with E-state index < -0.39 is 5.82 Å². The Morgan fingerprint density at radius 3 is 2.22 bits per heavy atom. The third-order valence-corrected chi connectivity index (χ3v) is 2.68.